The molecule has 2 aromatic heterocycles. The minimum atomic E-state index is 0.0399. The van der Waals surface area contributed by atoms with Crippen molar-refractivity contribution in [3.05, 3.63) is 65.9 Å². The Morgan fingerprint density at radius 3 is 2.62 bits per heavy atom. The molecule has 172 valence electrons. The highest BCUT2D eigenvalue weighted by Crippen LogP contribution is 2.30. The van der Waals surface area contributed by atoms with Gasteiger partial charge in [0.1, 0.15) is 0 Å². The zero-order chi connectivity index (χ0) is 23.5. The molecule has 1 saturated heterocycles. The van der Waals surface area contributed by atoms with Crippen LogP contribution >= 0.6 is 11.8 Å². The van der Waals surface area contributed by atoms with Gasteiger partial charge in [-0.25, -0.2) is 0 Å². The molecule has 4 aromatic rings. The highest BCUT2D eigenvalue weighted by molar-refractivity contribution is 7.99. The Morgan fingerprint density at radius 2 is 1.85 bits per heavy atom. The molecule has 8 heteroatoms. The minimum absolute atomic E-state index is 0.0399. The van der Waals surface area contributed by atoms with Crippen molar-refractivity contribution in [1.82, 2.24) is 19.3 Å². The first-order chi connectivity index (χ1) is 16.7. The number of aromatic nitrogens is 4. The van der Waals surface area contributed by atoms with Gasteiger partial charge in [-0.15, -0.1) is 10.2 Å². The molecular weight excluding hydrogens is 444 g/mol. The van der Waals surface area contributed by atoms with Gasteiger partial charge in [0.15, 0.2) is 10.9 Å². The van der Waals surface area contributed by atoms with Crippen LogP contribution in [-0.2, 0) is 6.54 Å². The lowest BCUT2D eigenvalue weighted by Gasteiger charge is -2.18. The molecule has 34 heavy (non-hydrogen) atoms. The average molecular weight is 471 g/mol. The number of hydrogen-bond acceptors (Lipinski definition) is 6. The number of ketones is 1. The number of benzene rings is 2. The Labute approximate surface area is 203 Å². The normalized spacial score (nSPS) is 13.5. The van der Waals surface area contributed by atoms with E-state index in [2.05, 4.69) is 56.9 Å². The third-order valence-electron chi connectivity index (χ3n) is 6.18. The van der Waals surface area contributed by atoms with Gasteiger partial charge in [-0.05, 0) is 38.0 Å². The Hall–Kier alpha value is -3.57. The van der Waals surface area contributed by atoms with E-state index < -0.39 is 0 Å². The van der Waals surface area contributed by atoms with Gasteiger partial charge >= 0.3 is 0 Å². The van der Waals surface area contributed by atoms with Crippen molar-refractivity contribution in [2.75, 3.05) is 23.7 Å². The molecule has 0 unspecified atom stereocenters. The maximum absolute atomic E-state index is 13.3. The predicted octanol–water partition coefficient (Wildman–Crippen LogP) is 5.02. The fourth-order valence-electron chi connectivity index (χ4n) is 4.43. The van der Waals surface area contributed by atoms with Gasteiger partial charge in [0, 0.05) is 42.3 Å². The number of anilines is 1. The van der Waals surface area contributed by atoms with Gasteiger partial charge in [0.25, 0.3) is 0 Å². The molecule has 0 bridgehead atoms. The van der Waals surface area contributed by atoms with Gasteiger partial charge < -0.3 is 9.47 Å². The summed E-state index contributed by atoms with van der Waals surface area (Å²) in [5.74, 6) is 1.14. The number of aryl methyl sites for hydroxylation is 2. The lowest BCUT2D eigenvalue weighted by Crippen LogP contribution is -2.22. The van der Waals surface area contributed by atoms with Crippen LogP contribution in [0.1, 0.15) is 35.2 Å². The topological polar surface area (TPSA) is 79.7 Å². The number of carbonyl (C=O) groups is 1. The molecule has 1 fully saturated rings. The summed E-state index contributed by atoms with van der Waals surface area (Å²) in [7, 11) is 0. The third-order valence-corrected chi connectivity index (χ3v) is 7.11. The quantitative estimate of drug-likeness (QED) is 0.266. The van der Waals surface area contributed by atoms with Crippen LogP contribution in [0.2, 0.25) is 0 Å². The van der Waals surface area contributed by atoms with E-state index in [4.69, 9.17) is 5.26 Å². The number of para-hydroxylation sites is 1. The van der Waals surface area contributed by atoms with E-state index in [-0.39, 0.29) is 11.5 Å². The van der Waals surface area contributed by atoms with E-state index >= 15 is 0 Å². The number of thioether (sulfide) groups is 1. The molecule has 7 nitrogen and oxygen atoms in total. The molecule has 1 aliphatic rings. The molecular formula is C26H26N6OS. The summed E-state index contributed by atoms with van der Waals surface area (Å²) in [6.45, 7) is 4.57. The Bertz CT molecular complexity index is 1360. The molecule has 0 N–H and O–H groups in total. The van der Waals surface area contributed by atoms with Crippen molar-refractivity contribution in [2.45, 2.75) is 37.9 Å². The van der Waals surface area contributed by atoms with Crippen molar-refractivity contribution < 1.29 is 4.79 Å². The van der Waals surface area contributed by atoms with E-state index in [1.165, 1.54) is 17.3 Å². The molecule has 0 saturated carbocycles. The van der Waals surface area contributed by atoms with Gasteiger partial charge in [-0.1, -0.05) is 47.7 Å². The SMILES string of the molecule is Cc1ccc(-n2c(SCC(=O)c3cn(CCC#N)c4ccccc34)nnc2N2CCCC2)cc1. The van der Waals surface area contributed by atoms with Crippen LogP contribution in [-0.4, -0.2) is 44.0 Å². The average Bonchev–Trinajstić information content (AvgIpc) is 3.60. The number of rotatable bonds is 8. The number of fused-ring (bicyclic) bond motifs is 1. The molecule has 0 aliphatic carbocycles. The zero-order valence-electron chi connectivity index (χ0n) is 19.1. The largest absolute Gasteiger partial charge is 0.346 e. The smallest absolute Gasteiger partial charge is 0.232 e. The fourth-order valence-corrected chi connectivity index (χ4v) is 5.26. The van der Waals surface area contributed by atoms with Gasteiger partial charge in [-0.3, -0.25) is 9.36 Å². The van der Waals surface area contributed by atoms with Crippen molar-refractivity contribution in [2.24, 2.45) is 0 Å². The van der Waals surface area contributed by atoms with Crippen LogP contribution in [0.5, 0.6) is 0 Å². The second-order valence-electron chi connectivity index (χ2n) is 8.52. The predicted molar refractivity (Wildman–Crippen MR) is 135 cm³/mol. The highest BCUT2D eigenvalue weighted by Gasteiger charge is 2.23. The minimum Gasteiger partial charge on any atom is -0.346 e. The molecule has 0 spiro atoms. The molecule has 5 rings (SSSR count). The summed E-state index contributed by atoms with van der Waals surface area (Å²) in [6, 6.07) is 18.4. The highest BCUT2D eigenvalue weighted by atomic mass is 32.2. The second-order valence-corrected chi connectivity index (χ2v) is 9.46. The van der Waals surface area contributed by atoms with Gasteiger partial charge in [0.05, 0.1) is 23.9 Å². The van der Waals surface area contributed by atoms with Gasteiger partial charge in [0.2, 0.25) is 5.95 Å². The lowest BCUT2D eigenvalue weighted by atomic mass is 10.1. The first-order valence-corrected chi connectivity index (χ1v) is 12.5. The lowest BCUT2D eigenvalue weighted by molar-refractivity contribution is 0.102. The standard InChI is InChI=1S/C26H26N6OS/c1-19-9-11-20(12-10-19)32-25(30-14-4-5-15-30)28-29-26(32)34-18-24(33)22-17-31(16-6-13-27)23-8-3-2-7-21(22)23/h2-3,7-12,17H,4-6,14-16,18H2,1H3. The number of nitrogens with zero attached hydrogens (tertiary/aromatic N) is 6. The molecule has 2 aromatic carbocycles. The number of hydrogen-bond donors (Lipinski definition) is 0. The summed E-state index contributed by atoms with van der Waals surface area (Å²) in [4.78, 5) is 15.6. The molecule has 0 amide bonds. The van der Waals surface area contributed by atoms with E-state index in [1.807, 2.05) is 35.0 Å². The van der Waals surface area contributed by atoms with Crippen LogP contribution in [0.4, 0.5) is 5.95 Å². The summed E-state index contributed by atoms with van der Waals surface area (Å²) in [5, 5.41) is 19.6. The zero-order valence-corrected chi connectivity index (χ0v) is 20.0. The van der Waals surface area contributed by atoms with Crippen molar-refractivity contribution in [3.8, 4) is 11.8 Å². The second kappa shape index (κ2) is 9.74. The van der Waals surface area contributed by atoms with Crippen molar-refractivity contribution in [1.29, 1.82) is 5.26 Å². The third kappa shape index (κ3) is 4.31. The fraction of sp³-hybridized carbons (Fsp3) is 0.308. The van der Waals surface area contributed by atoms with Crippen LogP contribution in [0.3, 0.4) is 0 Å². The van der Waals surface area contributed by atoms with Crippen LogP contribution in [0.15, 0.2) is 59.9 Å². The Balaban J connectivity index is 1.43. The Kier molecular flexibility index (Phi) is 6.37. The van der Waals surface area contributed by atoms with E-state index in [0.717, 1.165) is 48.5 Å². The van der Waals surface area contributed by atoms with E-state index in [9.17, 15) is 4.79 Å². The number of nitriles is 1. The molecule has 0 radical (unpaired) electrons. The van der Waals surface area contributed by atoms with Crippen LogP contribution in [0.25, 0.3) is 16.6 Å². The maximum atomic E-state index is 13.3. The monoisotopic (exact) mass is 470 g/mol. The number of Topliss-reactive ketones (excluding diaryl/α,β-unsaturated/α-hetero) is 1. The summed E-state index contributed by atoms with van der Waals surface area (Å²) in [5.41, 5.74) is 3.85. The summed E-state index contributed by atoms with van der Waals surface area (Å²) in [6.07, 6.45) is 4.58. The summed E-state index contributed by atoms with van der Waals surface area (Å²) < 4.78 is 4.07. The first kappa shape index (κ1) is 22.2. The van der Waals surface area contributed by atoms with Gasteiger partial charge in [-0.2, -0.15) is 5.26 Å². The van der Waals surface area contributed by atoms with E-state index in [0.29, 0.717) is 23.7 Å². The number of carbonyl (C=O) groups excluding carboxylic acids is 1. The first-order valence-electron chi connectivity index (χ1n) is 11.5. The summed E-state index contributed by atoms with van der Waals surface area (Å²) >= 11 is 1.42. The molecule has 1 aliphatic heterocycles. The molecule has 0 atom stereocenters. The maximum Gasteiger partial charge on any atom is 0.232 e. The van der Waals surface area contributed by atoms with Crippen molar-refractivity contribution >= 4 is 34.4 Å². The van der Waals surface area contributed by atoms with Crippen LogP contribution < -0.4 is 4.90 Å². The van der Waals surface area contributed by atoms with Crippen molar-refractivity contribution in [3.63, 3.8) is 0 Å². The molecule has 3 heterocycles. The van der Waals surface area contributed by atoms with E-state index in [1.54, 1.807) is 0 Å². The van der Waals surface area contributed by atoms with Crippen LogP contribution in [0, 0.1) is 18.3 Å². The Morgan fingerprint density at radius 1 is 1.09 bits per heavy atom.